The molecule has 8 nitrogen and oxygen atoms in total. The van der Waals surface area contributed by atoms with Crippen LogP contribution in [0.1, 0.15) is 251 Å². The van der Waals surface area contributed by atoms with Crippen molar-refractivity contribution in [3.63, 3.8) is 0 Å². The number of hydrogen-bond donors (Lipinski definition) is 2. The van der Waals surface area contributed by atoms with Crippen LogP contribution in [0.4, 0.5) is 0 Å². The molecule has 9 heteroatoms. The Kier molecular flexibility index (Phi) is 50.8. The van der Waals surface area contributed by atoms with Gasteiger partial charge < -0.3 is 28.8 Å². The molecule has 2 N–H and O–H groups in total. The minimum absolute atomic E-state index is 0.0162. The summed E-state index contributed by atoms with van der Waals surface area (Å²) in [5.41, 5.74) is 0. The van der Waals surface area contributed by atoms with Gasteiger partial charge in [0, 0.05) is 6.42 Å². The van der Waals surface area contributed by atoms with Gasteiger partial charge in [0.1, 0.15) is 13.2 Å². The van der Waals surface area contributed by atoms with Crippen LogP contribution in [0, 0.1) is 0 Å². The molecule has 0 fully saturated rings. The fraction of sp³-hybridized carbons (Fsp3) is 0.758. The minimum atomic E-state index is -4.62. The van der Waals surface area contributed by atoms with Crippen LogP contribution in [0.2, 0.25) is 0 Å². The number of phosphoric ester groups is 1. The average molecular weight is 1010 g/mol. The second kappa shape index (κ2) is 52.5. The second-order valence-corrected chi connectivity index (χ2v) is 22.4. The topological polar surface area (TPSA) is 108 Å². The van der Waals surface area contributed by atoms with Crippen LogP contribution < -0.4 is 10.2 Å². The van der Waals surface area contributed by atoms with Gasteiger partial charge in [-0.15, -0.1) is 0 Å². The number of quaternary nitrogens is 1. The molecule has 0 heterocycles. The lowest BCUT2D eigenvalue weighted by Gasteiger charge is -2.29. The van der Waals surface area contributed by atoms with Gasteiger partial charge in [0.2, 0.25) is 5.91 Å². The highest BCUT2D eigenvalue weighted by molar-refractivity contribution is 7.45. The summed E-state index contributed by atoms with van der Waals surface area (Å²) in [7, 11) is 1.22. The number of likely N-dealkylation sites (N-methyl/N-ethyl adjacent to an activating group) is 1. The Labute approximate surface area is 439 Å². The zero-order valence-electron chi connectivity index (χ0n) is 46.9. The van der Waals surface area contributed by atoms with E-state index in [2.05, 4.69) is 92.1 Å². The summed E-state index contributed by atoms with van der Waals surface area (Å²) >= 11 is 0. The lowest BCUT2D eigenvalue weighted by molar-refractivity contribution is -0.870. The Morgan fingerprint density at radius 2 is 0.873 bits per heavy atom. The maximum atomic E-state index is 12.9. The van der Waals surface area contributed by atoms with E-state index in [0.29, 0.717) is 17.4 Å². The Morgan fingerprint density at radius 3 is 1.31 bits per heavy atom. The fourth-order valence-electron chi connectivity index (χ4n) is 8.24. The molecule has 0 spiro atoms. The van der Waals surface area contributed by atoms with Crippen molar-refractivity contribution in [1.29, 1.82) is 0 Å². The molecule has 3 unspecified atom stereocenters. The third-order valence-corrected chi connectivity index (χ3v) is 13.8. The van der Waals surface area contributed by atoms with Gasteiger partial charge in [0.05, 0.1) is 39.9 Å². The lowest BCUT2D eigenvalue weighted by atomic mass is 10.0. The maximum absolute atomic E-state index is 12.9. The predicted molar refractivity (Wildman–Crippen MR) is 307 cm³/mol. The molecule has 0 saturated carbocycles. The van der Waals surface area contributed by atoms with E-state index in [9.17, 15) is 19.4 Å². The van der Waals surface area contributed by atoms with Gasteiger partial charge in [-0.25, -0.2) is 0 Å². The molecule has 0 aliphatic heterocycles. The number of aliphatic hydroxyl groups is 1. The standard InChI is InChI=1S/C62H113N2O6P/c1-6-8-10-12-14-16-18-20-22-24-26-27-28-29-30-31-32-33-34-35-36-38-39-41-43-45-47-49-51-53-55-61(65)60(59-70-71(67,68)69-58-57-64(3,4)5)63-62(66)56-54-52-50-48-46-44-42-40-37-25-23-21-19-17-15-13-11-9-7-2/h9,11,15,17,21,23,37-40,45,47,53,55,60-61,65H,6-8,10,12-14,16,18-20,22,24-36,41-44,46,48-52,54,56-59H2,1-5H3,(H-,63,66,67,68)/b11-9-,17-15-,23-21-,39-38+,40-37-,47-45+,55-53+. The molecular weight excluding hydrogens is 900 g/mol. The van der Waals surface area contributed by atoms with Gasteiger partial charge in [-0.3, -0.25) is 9.36 Å². The Hall–Kier alpha value is -2.32. The highest BCUT2D eigenvalue weighted by Gasteiger charge is 2.23. The number of unbranched alkanes of at least 4 members (excludes halogenated alkanes) is 28. The number of hydrogen-bond acceptors (Lipinski definition) is 6. The molecule has 0 aromatic carbocycles. The van der Waals surface area contributed by atoms with Gasteiger partial charge in [0.25, 0.3) is 7.82 Å². The molecule has 0 aromatic heterocycles. The largest absolute Gasteiger partial charge is 0.756 e. The molecule has 1 amide bonds. The number of carbonyl (C=O) groups excluding carboxylic acids is 1. The second-order valence-electron chi connectivity index (χ2n) is 20.9. The molecule has 412 valence electrons. The monoisotopic (exact) mass is 1010 g/mol. The van der Waals surface area contributed by atoms with E-state index in [1.165, 1.54) is 141 Å². The van der Waals surface area contributed by atoms with Crippen LogP contribution in [0.3, 0.4) is 0 Å². The van der Waals surface area contributed by atoms with Gasteiger partial charge in [-0.05, 0) is 83.5 Å². The summed E-state index contributed by atoms with van der Waals surface area (Å²) in [4.78, 5) is 25.5. The smallest absolute Gasteiger partial charge is 0.268 e. The predicted octanol–water partition coefficient (Wildman–Crippen LogP) is 17.4. The van der Waals surface area contributed by atoms with Crippen molar-refractivity contribution in [3.05, 3.63) is 85.1 Å². The van der Waals surface area contributed by atoms with Gasteiger partial charge in [-0.2, -0.15) is 0 Å². The first kappa shape index (κ1) is 68.7. The first-order valence-corrected chi connectivity index (χ1v) is 30.9. The highest BCUT2D eigenvalue weighted by atomic mass is 31.2. The van der Waals surface area contributed by atoms with E-state index in [1.807, 2.05) is 27.2 Å². The Morgan fingerprint density at radius 1 is 0.507 bits per heavy atom. The van der Waals surface area contributed by atoms with Crippen molar-refractivity contribution in [2.75, 3.05) is 40.9 Å². The number of aliphatic hydroxyl groups excluding tert-OH is 1. The zero-order chi connectivity index (χ0) is 52.0. The molecule has 3 atom stereocenters. The van der Waals surface area contributed by atoms with Crippen LogP contribution in [0.15, 0.2) is 85.1 Å². The third-order valence-electron chi connectivity index (χ3n) is 12.8. The van der Waals surface area contributed by atoms with E-state index in [1.54, 1.807) is 6.08 Å². The summed E-state index contributed by atoms with van der Waals surface area (Å²) in [5, 5.41) is 13.9. The van der Waals surface area contributed by atoms with Crippen molar-refractivity contribution >= 4 is 13.7 Å². The summed E-state index contributed by atoms with van der Waals surface area (Å²) in [6.07, 6.45) is 73.9. The maximum Gasteiger partial charge on any atom is 0.268 e. The number of amides is 1. The summed E-state index contributed by atoms with van der Waals surface area (Å²) < 4.78 is 23.3. The summed E-state index contributed by atoms with van der Waals surface area (Å²) in [5.74, 6) is -0.227. The van der Waals surface area contributed by atoms with E-state index in [-0.39, 0.29) is 12.5 Å². The van der Waals surface area contributed by atoms with Crippen LogP contribution >= 0.6 is 7.82 Å². The molecule has 0 saturated heterocycles. The van der Waals surface area contributed by atoms with E-state index >= 15 is 0 Å². The quantitative estimate of drug-likeness (QED) is 0.0272. The summed E-state index contributed by atoms with van der Waals surface area (Å²) in [6.45, 7) is 4.50. The highest BCUT2D eigenvalue weighted by Crippen LogP contribution is 2.38. The first-order chi connectivity index (χ1) is 34.5. The molecule has 0 bridgehead atoms. The third kappa shape index (κ3) is 55.3. The van der Waals surface area contributed by atoms with Crippen molar-refractivity contribution in [1.82, 2.24) is 5.32 Å². The molecule has 0 aromatic rings. The number of rotatable bonds is 53. The first-order valence-electron chi connectivity index (χ1n) is 29.4. The van der Waals surface area contributed by atoms with E-state index < -0.39 is 26.6 Å². The van der Waals surface area contributed by atoms with Crippen LogP contribution in [-0.4, -0.2) is 68.5 Å². The van der Waals surface area contributed by atoms with Gasteiger partial charge >= 0.3 is 0 Å². The van der Waals surface area contributed by atoms with Gasteiger partial charge in [0.15, 0.2) is 0 Å². The fourth-order valence-corrected chi connectivity index (χ4v) is 8.96. The number of phosphoric acid groups is 1. The van der Waals surface area contributed by atoms with E-state index in [4.69, 9.17) is 9.05 Å². The number of carbonyl (C=O) groups is 1. The Bertz CT molecular complexity index is 1430. The average Bonchev–Trinajstić information content (AvgIpc) is 3.33. The SMILES string of the molecule is CC/C=C\C/C=C\C/C=C\C/C=C\CCCCCCCCC(=O)NC(COP(=O)([O-])OCC[N+](C)(C)C)C(O)/C=C/CC/C=C/CC/C=C/CCCCCCCCCCCCCCCCCCCCCC. The van der Waals surface area contributed by atoms with Gasteiger partial charge in [-0.1, -0.05) is 247 Å². The Balaban J connectivity index is 4.27. The normalized spacial score (nSPS) is 14.5. The number of allylic oxidation sites excluding steroid dienone is 13. The van der Waals surface area contributed by atoms with Crippen molar-refractivity contribution < 1.29 is 32.9 Å². The summed E-state index contributed by atoms with van der Waals surface area (Å²) in [6, 6.07) is -0.924. The van der Waals surface area contributed by atoms with Crippen LogP contribution in [0.25, 0.3) is 0 Å². The van der Waals surface area contributed by atoms with Crippen molar-refractivity contribution in [2.24, 2.45) is 0 Å². The molecule has 0 radical (unpaired) electrons. The van der Waals surface area contributed by atoms with Crippen molar-refractivity contribution in [2.45, 2.75) is 264 Å². The molecule has 0 aliphatic rings. The molecular formula is C62H113N2O6P. The lowest BCUT2D eigenvalue weighted by Crippen LogP contribution is -2.45. The number of nitrogens with one attached hydrogen (secondary N) is 1. The van der Waals surface area contributed by atoms with Crippen LogP contribution in [0.5, 0.6) is 0 Å². The van der Waals surface area contributed by atoms with Crippen LogP contribution in [-0.2, 0) is 18.4 Å². The van der Waals surface area contributed by atoms with E-state index in [0.717, 1.165) is 89.9 Å². The minimum Gasteiger partial charge on any atom is -0.756 e. The zero-order valence-corrected chi connectivity index (χ0v) is 47.8. The number of nitrogens with zero attached hydrogens (tertiary/aromatic N) is 1. The van der Waals surface area contributed by atoms with Crippen molar-refractivity contribution in [3.8, 4) is 0 Å². The molecule has 0 rings (SSSR count). The molecule has 71 heavy (non-hydrogen) atoms. The molecule has 0 aliphatic carbocycles.